The molecular weight excluding hydrogens is 316 g/mol. The number of pyridine rings is 1. The molecule has 0 aliphatic carbocycles. The highest BCUT2D eigenvalue weighted by Crippen LogP contribution is 2.16. The van der Waals surface area contributed by atoms with Crippen molar-refractivity contribution in [3.63, 3.8) is 0 Å². The summed E-state index contributed by atoms with van der Waals surface area (Å²) in [6.45, 7) is 4.01. The lowest BCUT2D eigenvalue weighted by Crippen LogP contribution is -2.43. The fourth-order valence-electron chi connectivity index (χ4n) is 2.73. The first-order chi connectivity index (χ1) is 11.9. The molecule has 1 heterocycles. The van der Waals surface area contributed by atoms with Gasteiger partial charge in [0.05, 0.1) is 6.04 Å². The van der Waals surface area contributed by atoms with Crippen molar-refractivity contribution in [2.75, 3.05) is 24.7 Å². The van der Waals surface area contributed by atoms with Gasteiger partial charge in [-0.2, -0.15) is 0 Å². The smallest absolute Gasteiger partial charge is 0.255 e. The molecule has 2 aromatic rings. The molecule has 6 heteroatoms. The minimum absolute atomic E-state index is 0.0910. The largest absolute Gasteiger partial charge is 0.325 e. The van der Waals surface area contributed by atoms with Crippen LogP contribution in [0.4, 0.5) is 11.4 Å². The van der Waals surface area contributed by atoms with Gasteiger partial charge in [-0.1, -0.05) is 19.9 Å². The number of carbonyl (C=O) groups excluding carboxylic acids is 2. The number of aromatic nitrogens is 1. The lowest BCUT2D eigenvalue weighted by Gasteiger charge is -2.26. The van der Waals surface area contributed by atoms with Gasteiger partial charge in [0.15, 0.2) is 0 Å². The zero-order valence-electron chi connectivity index (χ0n) is 15.0. The maximum absolute atomic E-state index is 12.5. The van der Waals surface area contributed by atoms with Crippen molar-refractivity contribution in [3.05, 3.63) is 54.4 Å². The van der Waals surface area contributed by atoms with Gasteiger partial charge in [0.2, 0.25) is 5.91 Å². The standard InChI is InChI=1S/C19H24N4O2/c1-13(2)17(23(3)4)19(25)22-16-7-5-6-14(12-16)18(24)21-15-8-10-20-11-9-15/h5-13,17H,1-4H3,(H,22,25)(H,20,21,24). The fourth-order valence-corrected chi connectivity index (χ4v) is 2.73. The molecule has 0 radical (unpaired) electrons. The number of hydrogen-bond donors (Lipinski definition) is 2. The highest BCUT2D eigenvalue weighted by molar-refractivity contribution is 6.05. The van der Waals surface area contributed by atoms with Gasteiger partial charge in [0.25, 0.3) is 5.91 Å². The lowest BCUT2D eigenvalue weighted by molar-refractivity contribution is -0.121. The predicted octanol–water partition coefficient (Wildman–Crippen LogP) is 2.86. The normalized spacial score (nSPS) is 12.1. The van der Waals surface area contributed by atoms with Crippen LogP contribution in [-0.4, -0.2) is 41.8 Å². The average Bonchev–Trinajstić information content (AvgIpc) is 2.55. The Labute approximate surface area is 148 Å². The first kappa shape index (κ1) is 18.6. The van der Waals surface area contributed by atoms with Crippen molar-refractivity contribution in [1.29, 1.82) is 0 Å². The summed E-state index contributed by atoms with van der Waals surface area (Å²) in [5.74, 6) is -0.157. The molecule has 0 aliphatic heterocycles. The molecule has 1 aromatic carbocycles. The number of likely N-dealkylation sites (N-methyl/N-ethyl adjacent to an activating group) is 1. The average molecular weight is 340 g/mol. The van der Waals surface area contributed by atoms with Crippen molar-refractivity contribution in [3.8, 4) is 0 Å². The second kappa shape index (κ2) is 8.39. The molecule has 2 N–H and O–H groups in total. The summed E-state index contributed by atoms with van der Waals surface area (Å²) in [6.07, 6.45) is 3.22. The Morgan fingerprint density at radius 2 is 1.68 bits per heavy atom. The maximum atomic E-state index is 12.5. The Bertz CT molecular complexity index is 721. The molecule has 2 amide bonds. The number of benzene rings is 1. The van der Waals surface area contributed by atoms with E-state index in [4.69, 9.17) is 0 Å². The lowest BCUT2D eigenvalue weighted by atomic mass is 10.0. The zero-order valence-corrected chi connectivity index (χ0v) is 15.0. The second-order valence-electron chi connectivity index (χ2n) is 6.41. The monoisotopic (exact) mass is 340 g/mol. The van der Waals surface area contributed by atoms with Crippen LogP contribution in [0.3, 0.4) is 0 Å². The Morgan fingerprint density at radius 1 is 1.00 bits per heavy atom. The van der Waals surface area contributed by atoms with Crippen LogP contribution in [0, 0.1) is 5.92 Å². The molecule has 0 aliphatic rings. The highest BCUT2D eigenvalue weighted by atomic mass is 16.2. The highest BCUT2D eigenvalue weighted by Gasteiger charge is 2.24. The Morgan fingerprint density at radius 3 is 2.28 bits per heavy atom. The molecule has 0 bridgehead atoms. The second-order valence-corrected chi connectivity index (χ2v) is 6.41. The van der Waals surface area contributed by atoms with E-state index in [1.165, 1.54) is 0 Å². The van der Waals surface area contributed by atoms with Gasteiger partial charge in [-0.3, -0.25) is 19.5 Å². The summed E-state index contributed by atoms with van der Waals surface area (Å²) in [4.78, 5) is 30.7. The van der Waals surface area contributed by atoms with Crippen molar-refractivity contribution in [2.24, 2.45) is 5.92 Å². The quantitative estimate of drug-likeness (QED) is 0.848. The molecule has 6 nitrogen and oxygen atoms in total. The Hall–Kier alpha value is -2.73. The summed E-state index contributed by atoms with van der Waals surface area (Å²) in [5, 5.41) is 5.69. The molecule has 25 heavy (non-hydrogen) atoms. The number of carbonyl (C=O) groups is 2. The molecule has 2 rings (SSSR count). The van der Waals surface area contributed by atoms with E-state index in [1.807, 2.05) is 32.8 Å². The van der Waals surface area contributed by atoms with Crippen LogP contribution in [0.1, 0.15) is 24.2 Å². The van der Waals surface area contributed by atoms with Crippen LogP contribution in [0.2, 0.25) is 0 Å². The molecule has 1 unspecified atom stereocenters. The first-order valence-electron chi connectivity index (χ1n) is 8.17. The van der Waals surface area contributed by atoms with Crippen LogP contribution in [0.25, 0.3) is 0 Å². The van der Waals surface area contributed by atoms with Gasteiger partial charge in [-0.15, -0.1) is 0 Å². The van der Waals surface area contributed by atoms with Crippen LogP contribution >= 0.6 is 0 Å². The maximum Gasteiger partial charge on any atom is 0.255 e. The van der Waals surface area contributed by atoms with Gasteiger partial charge in [0, 0.05) is 29.3 Å². The topological polar surface area (TPSA) is 74.3 Å². The van der Waals surface area contributed by atoms with E-state index in [2.05, 4.69) is 15.6 Å². The number of amides is 2. The summed E-state index contributed by atoms with van der Waals surface area (Å²) in [5.41, 5.74) is 1.74. The van der Waals surface area contributed by atoms with E-state index in [1.54, 1.807) is 48.8 Å². The molecule has 1 aromatic heterocycles. The third-order valence-corrected chi connectivity index (χ3v) is 3.79. The van der Waals surface area contributed by atoms with Crippen LogP contribution < -0.4 is 10.6 Å². The van der Waals surface area contributed by atoms with Gasteiger partial charge in [0.1, 0.15) is 0 Å². The van der Waals surface area contributed by atoms with Crippen LogP contribution in [0.15, 0.2) is 48.8 Å². The first-order valence-corrected chi connectivity index (χ1v) is 8.17. The summed E-state index contributed by atoms with van der Waals surface area (Å²) >= 11 is 0. The van der Waals surface area contributed by atoms with Gasteiger partial charge in [-0.05, 0) is 50.3 Å². The minimum atomic E-state index is -0.241. The van der Waals surface area contributed by atoms with Gasteiger partial charge >= 0.3 is 0 Å². The molecular formula is C19H24N4O2. The zero-order chi connectivity index (χ0) is 18.4. The molecule has 0 saturated carbocycles. The van der Waals surface area contributed by atoms with E-state index >= 15 is 0 Å². The number of rotatable bonds is 6. The minimum Gasteiger partial charge on any atom is -0.325 e. The molecule has 0 spiro atoms. The van der Waals surface area contributed by atoms with Crippen molar-refractivity contribution in [1.82, 2.24) is 9.88 Å². The van der Waals surface area contributed by atoms with E-state index in [0.29, 0.717) is 16.9 Å². The van der Waals surface area contributed by atoms with Crippen molar-refractivity contribution < 1.29 is 9.59 Å². The molecule has 0 fully saturated rings. The summed E-state index contributed by atoms with van der Waals surface area (Å²) in [7, 11) is 3.76. The number of anilines is 2. The van der Waals surface area contributed by atoms with Crippen LogP contribution in [-0.2, 0) is 4.79 Å². The number of hydrogen-bond acceptors (Lipinski definition) is 4. The predicted molar refractivity (Wildman–Crippen MR) is 99.6 cm³/mol. The van der Waals surface area contributed by atoms with E-state index in [-0.39, 0.29) is 23.8 Å². The molecule has 1 atom stereocenters. The fraction of sp³-hybridized carbons (Fsp3) is 0.316. The SMILES string of the molecule is CC(C)C(C(=O)Nc1cccc(C(=O)Nc2ccncc2)c1)N(C)C. The third kappa shape index (κ3) is 5.12. The Balaban J connectivity index is 2.10. The number of nitrogens with zero attached hydrogens (tertiary/aromatic N) is 2. The van der Waals surface area contributed by atoms with Crippen molar-refractivity contribution in [2.45, 2.75) is 19.9 Å². The van der Waals surface area contributed by atoms with Crippen LogP contribution in [0.5, 0.6) is 0 Å². The number of nitrogens with one attached hydrogen (secondary N) is 2. The molecule has 132 valence electrons. The van der Waals surface area contributed by atoms with E-state index in [9.17, 15) is 9.59 Å². The Kier molecular flexibility index (Phi) is 6.25. The third-order valence-electron chi connectivity index (χ3n) is 3.79. The van der Waals surface area contributed by atoms with E-state index < -0.39 is 0 Å². The summed E-state index contributed by atoms with van der Waals surface area (Å²) in [6, 6.07) is 10.1. The summed E-state index contributed by atoms with van der Waals surface area (Å²) < 4.78 is 0. The van der Waals surface area contributed by atoms with Gasteiger partial charge in [-0.25, -0.2) is 0 Å². The van der Waals surface area contributed by atoms with Gasteiger partial charge < -0.3 is 10.6 Å². The van der Waals surface area contributed by atoms with Crippen molar-refractivity contribution >= 4 is 23.2 Å². The van der Waals surface area contributed by atoms with E-state index in [0.717, 1.165) is 0 Å². The molecule has 0 saturated heterocycles.